The molecular formula is C12H4Cl2F6N4OS. The van der Waals surface area contributed by atoms with Crippen molar-refractivity contribution in [3.63, 3.8) is 0 Å². The standard InChI is InChI=1S/C12H4Cl2F6N4OS/c13-5-1-4(11(15,16)17)2-6(14)9(5)24-10(26(25)12(18,19)20)8(22)7(3-21)23-24/h1-2H,22H2. The molecule has 0 saturated carbocycles. The summed E-state index contributed by atoms with van der Waals surface area (Å²) >= 11 is 11.4. The molecule has 2 N–H and O–H groups in total. The van der Waals surface area contributed by atoms with E-state index in [0.717, 1.165) is 0 Å². The first-order chi connectivity index (χ1) is 11.8. The minimum absolute atomic E-state index is 0.252. The van der Waals surface area contributed by atoms with Crippen LogP contribution in [0.3, 0.4) is 0 Å². The van der Waals surface area contributed by atoms with Crippen molar-refractivity contribution < 1.29 is 30.6 Å². The van der Waals surface area contributed by atoms with Crippen molar-refractivity contribution in [3.05, 3.63) is 33.4 Å². The molecule has 2 rings (SSSR count). The third kappa shape index (κ3) is 3.60. The van der Waals surface area contributed by atoms with Crippen molar-refractivity contribution in [2.75, 3.05) is 5.73 Å². The van der Waals surface area contributed by atoms with Crippen LogP contribution in [0.2, 0.25) is 10.0 Å². The lowest BCUT2D eigenvalue weighted by Gasteiger charge is -2.15. The molecule has 0 aliphatic heterocycles. The van der Waals surface area contributed by atoms with E-state index in [-0.39, 0.29) is 4.68 Å². The molecule has 0 aliphatic rings. The van der Waals surface area contributed by atoms with Gasteiger partial charge >= 0.3 is 11.7 Å². The molecule has 1 aromatic carbocycles. The van der Waals surface area contributed by atoms with Gasteiger partial charge in [0.05, 0.1) is 15.6 Å². The lowest BCUT2D eigenvalue weighted by Crippen LogP contribution is -2.20. The number of nitriles is 1. The van der Waals surface area contributed by atoms with E-state index in [2.05, 4.69) is 5.10 Å². The fourth-order valence-electron chi connectivity index (χ4n) is 1.87. The maximum absolute atomic E-state index is 12.9. The number of nitrogens with two attached hydrogens (primary N) is 1. The SMILES string of the molecule is N#Cc1nn(-c2c(Cl)cc(C(F)(F)F)cc2Cl)c(S(=O)C(F)(F)F)c1N. The summed E-state index contributed by atoms with van der Waals surface area (Å²) in [6.45, 7) is 0. The van der Waals surface area contributed by atoms with E-state index in [9.17, 15) is 30.6 Å². The number of nitrogens with zero attached hydrogens (tertiary/aromatic N) is 3. The molecule has 1 aromatic heterocycles. The van der Waals surface area contributed by atoms with Crippen LogP contribution in [0.15, 0.2) is 17.2 Å². The molecule has 0 radical (unpaired) electrons. The van der Waals surface area contributed by atoms with E-state index in [1.807, 2.05) is 0 Å². The van der Waals surface area contributed by atoms with Gasteiger partial charge < -0.3 is 5.73 Å². The molecule has 0 bridgehead atoms. The van der Waals surface area contributed by atoms with Gasteiger partial charge in [-0.1, -0.05) is 23.2 Å². The zero-order valence-electron chi connectivity index (χ0n) is 11.9. The number of benzene rings is 1. The molecule has 0 saturated heterocycles. The first-order valence-electron chi connectivity index (χ1n) is 6.12. The van der Waals surface area contributed by atoms with E-state index < -0.39 is 60.2 Å². The van der Waals surface area contributed by atoms with Crippen molar-refractivity contribution in [2.45, 2.75) is 16.7 Å². The topological polar surface area (TPSA) is 84.7 Å². The monoisotopic (exact) mass is 436 g/mol. The van der Waals surface area contributed by atoms with E-state index >= 15 is 0 Å². The van der Waals surface area contributed by atoms with Gasteiger partial charge in [0.2, 0.25) is 0 Å². The van der Waals surface area contributed by atoms with E-state index in [1.54, 1.807) is 0 Å². The van der Waals surface area contributed by atoms with Crippen LogP contribution in [0, 0.1) is 11.3 Å². The lowest BCUT2D eigenvalue weighted by molar-refractivity contribution is -0.137. The minimum Gasteiger partial charge on any atom is -0.394 e. The Morgan fingerprint density at radius 1 is 1.15 bits per heavy atom. The Labute approximate surface area is 153 Å². The van der Waals surface area contributed by atoms with Gasteiger partial charge in [0.15, 0.2) is 21.5 Å². The average molecular weight is 437 g/mol. The summed E-state index contributed by atoms with van der Waals surface area (Å²) in [6, 6.07) is 2.17. The van der Waals surface area contributed by atoms with Crippen LogP contribution in [0.25, 0.3) is 5.69 Å². The van der Waals surface area contributed by atoms with Crippen LogP contribution in [-0.2, 0) is 17.0 Å². The Kier molecular flexibility index (Phi) is 5.19. The number of anilines is 1. The number of hydrogen-bond donors (Lipinski definition) is 1. The fourth-order valence-corrected chi connectivity index (χ4v) is 3.32. The maximum atomic E-state index is 12.9. The highest BCUT2D eigenvalue weighted by molar-refractivity contribution is 7.86. The minimum atomic E-state index is -5.29. The van der Waals surface area contributed by atoms with Gasteiger partial charge in [0.25, 0.3) is 0 Å². The molecule has 26 heavy (non-hydrogen) atoms. The van der Waals surface area contributed by atoms with Crippen LogP contribution < -0.4 is 5.73 Å². The van der Waals surface area contributed by atoms with Gasteiger partial charge in [-0.05, 0) is 12.1 Å². The second kappa shape index (κ2) is 6.64. The van der Waals surface area contributed by atoms with Gasteiger partial charge in [-0.2, -0.15) is 36.7 Å². The lowest BCUT2D eigenvalue weighted by atomic mass is 10.2. The van der Waals surface area contributed by atoms with Gasteiger partial charge in [-0.25, -0.2) is 8.89 Å². The molecule has 1 unspecified atom stereocenters. The summed E-state index contributed by atoms with van der Waals surface area (Å²) in [7, 11) is -3.76. The maximum Gasteiger partial charge on any atom is 0.477 e. The van der Waals surface area contributed by atoms with Gasteiger partial charge in [-0.15, -0.1) is 0 Å². The molecular weight excluding hydrogens is 433 g/mol. The van der Waals surface area contributed by atoms with Crippen LogP contribution in [0.5, 0.6) is 0 Å². The molecule has 1 heterocycles. The van der Waals surface area contributed by atoms with E-state index in [1.165, 1.54) is 6.07 Å². The summed E-state index contributed by atoms with van der Waals surface area (Å²) in [5.41, 5.74) is -3.41. The van der Waals surface area contributed by atoms with Crippen molar-refractivity contribution in [2.24, 2.45) is 0 Å². The summed E-state index contributed by atoms with van der Waals surface area (Å²) in [5, 5.41) is 9.65. The Hall–Kier alpha value is -1.97. The summed E-state index contributed by atoms with van der Waals surface area (Å²) < 4.78 is 88.8. The van der Waals surface area contributed by atoms with Gasteiger partial charge in [0, 0.05) is 0 Å². The molecule has 140 valence electrons. The fraction of sp³-hybridized carbons (Fsp3) is 0.167. The number of halogens is 8. The first-order valence-corrected chi connectivity index (χ1v) is 8.03. The summed E-state index contributed by atoms with van der Waals surface area (Å²) in [4.78, 5) is 0. The van der Waals surface area contributed by atoms with E-state index in [0.29, 0.717) is 12.1 Å². The van der Waals surface area contributed by atoms with Crippen LogP contribution >= 0.6 is 23.2 Å². The zero-order valence-corrected chi connectivity index (χ0v) is 14.2. The number of nitrogen functional groups attached to an aromatic ring is 1. The Balaban J connectivity index is 2.82. The van der Waals surface area contributed by atoms with Crippen molar-refractivity contribution in [1.82, 2.24) is 9.78 Å². The predicted octanol–water partition coefficient (Wildman–Crippen LogP) is 4.28. The highest BCUT2D eigenvalue weighted by atomic mass is 35.5. The highest BCUT2D eigenvalue weighted by Crippen LogP contribution is 2.40. The molecule has 5 nitrogen and oxygen atoms in total. The third-order valence-electron chi connectivity index (χ3n) is 2.93. The quantitative estimate of drug-likeness (QED) is 0.712. The average Bonchev–Trinajstić information content (AvgIpc) is 2.80. The largest absolute Gasteiger partial charge is 0.477 e. The smallest absolute Gasteiger partial charge is 0.394 e. The first kappa shape index (κ1) is 20.3. The number of aromatic nitrogens is 2. The normalized spacial score (nSPS) is 13.5. The van der Waals surface area contributed by atoms with E-state index in [4.69, 9.17) is 34.2 Å². The third-order valence-corrected chi connectivity index (χ3v) is 4.67. The number of alkyl halides is 6. The second-order valence-electron chi connectivity index (χ2n) is 4.59. The molecule has 0 spiro atoms. The van der Waals surface area contributed by atoms with Crippen molar-refractivity contribution in [3.8, 4) is 11.8 Å². The summed E-state index contributed by atoms with van der Waals surface area (Å²) in [5.74, 6) is 0. The Morgan fingerprint density at radius 2 is 1.65 bits per heavy atom. The van der Waals surface area contributed by atoms with Crippen molar-refractivity contribution >= 4 is 39.7 Å². The van der Waals surface area contributed by atoms with Crippen LogP contribution in [0.1, 0.15) is 11.3 Å². The molecule has 1 atom stereocenters. The Morgan fingerprint density at radius 3 is 2.04 bits per heavy atom. The van der Waals surface area contributed by atoms with Gasteiger partial charge in [0.1, 0.15) is 17.4 Å². The predicted molar refractivity (Wildman–Crippen MR) is 80.2 cm³/mol. The number of hydrogen-bond acceptors (Lipinski definition) is 4. The van der Waals surface area contributed by atoms with Crippen LogP contribution in [0.4, 0.5) is 32.0 Å². The molecule has 2 aromatic rings. The molecule has 14 heteroatoms. The highest BCUT2D eigenvalue weighted by Gasteiger charge is 2.43. The second-order valence-corrected chi connectivity index (χ2v) is 6.79. The van der Waals surface area contributed by atoms with Crippen molar-refractivity contribution in [1.29, 1.82) is 5.26 Å². The van der Waals surface area contributed by atoms with Gasteiger partial charge in [-0.3, -0.25) is 0 Å². The molecule has 0 aliphatic carbocycles. The summed E-state index contributed by atoms with van der Waals surface area (Å²) in [6.07, 6.45) is -4.83. The Bertz CT molecular complexity index is 924. The zero-order chi connectivity index (χ0) is 20.0. The molecule has 0 amide bonds. The van der Waals surface area contributed by atoms with Crippen LogP contribution in [-0.4, -0.2) is 19.5 Å². The molecule has 0 fully saturated rings. The number of rotatable bonds is 2.